The number of hydrogen-bond donors (Lipinski definition) is 0. The molecule has 0 fully saturated rings. The molecule has 0 bridgehead atoms. The summed E-state index contributed by atoms with van der Waals surface area (Å²) in [7, 11) is 6.79. The minimum Gasteiger partial charge on any atom is -0.870 e. The molecule has 0 aliphatic heterocycles. The van der Waals surface area contributed by atoms with Gasteiger partial charge in [-0.3, -0.25) is 0 Å². The Morgan fingerprint density at radius 1 is 1.00 bits per heavy atom. The zero-order valence-electron chi connectivity index (χ0n) is 8.59. The van der Waals surface area contributed by atoms with Gasteiger partial charge in [0.2, 0.25) is 0 Å². The molecule has 0 heterocycles. The van der Waals surface area contributed by atoms with Crippen LogP contribution < -0.4 is 0 Å². The first-order chi connectivity index (χ1) is 4.49. The topological polar surface area (TPSA) is 30.0 Å². The average molecular weight is 161 g/mol. The highest BCUT2D eigenvalue weighted by atomic mass is 16.0. The van der Waals surface area contributed by atoms with Gasteiger partial charge in [-0.2, -0.15) is 0 Å². The lowest BCUT2D eigenvalue weighted by molar-refractivity contribution is -0.873. The van der Waals surface area contributed by atoms with Crippen molar-refractivity contribution in [1.82, 2.24) is 0 Å². The maximum absolute atomic E-state index is 2.28. The van der Waals surface area contributed by atoms with Crippen LogP contribution in [0.25, 0.3) is 0 Å². The summed E-state index contributed by atoms with van der Waals surface area (Å²) in [5.41, 5.74) is 0. The molecule has 2 heteroatoms. The Morgan fingerprint density at radius 3 is 1.45 bits per heavy atom. The van der Waals surface area contributed by atoms with Crippen molar-refractivity contribution in [2.75, 3.05) is 27.7 Å². The molecule has 0 aliphatic carbocycles. The van der Waals surface area contributed by atoms with Crippen molar-refractivity contribution in [1.29, 1.82) is 0 Å². The van der Waals surface area contributed by atoms with Crippen LogP contribution in [0.4, 0.5) is 0 Å². The van der Waals surface area contributed by atoms with Gasteiger partial charge in [-0.05, 0) is 12.8 Å². The first kappa shape index (κ1) is 13.5. The predicted octanol–water partition coefficient (Wildman–Crippen LogP) is 1.95. The van der Waals surface area contributed by atoms with Crippen LogP contribution in [0.15, 0.2) is 0 Å². The molecular formula is C9H23NO. The zero-order valence-corrected chi connectivity index (χ0v) is 8.59. The van der Waals surface area contributed by atoms with Crippen molar-refractivity contribution in [3.05, 3.63) is 0 Å². The summed E-state index contributed by atoms with van der Waals surface area (Å²) < 4.78 is 1.10. The number of rotatable bonds is 4. The van der Waals surface area contributed by atoms with Gasteiger partial charge in [-0.1, -0.05) is 13.8 Å². The first-order valence-electron chi connectivity index (χ1n) is 4.30. The van der Waals surface area contributed by atoms with Crippen LogP contribution in [-0.4, -0.2) is 37.6 Å². The highest BCUT2D eigenvalue weighted by molar-refractivity contribution is 4.51. The SMILES string of the molecule is CCC(CC)C[N+](C)(C)C.[OH-]. The second-order valence-electron chi connectivity index (χ2n) is 4.16. The Labute approximate surface area is 71.1 Å². The summed E-state index contributed by atoms with van der Waals surface area (Å²) in [5, 5.41) is 0. The van der Waals surface area contributed by atoms with Crippen molar-refractivity contribution >= 4 is 0 Å². The summed E-state index contributed by atoms with van der Waals surface area (Å²) in [6, 6.07) is 0. The molecule has 1 N–H and O–H groups in total. The number of nitrogens with zero attached hydrogens (tertiary/aromatic N) is 1. The summed E-state index contributed by atoms with van der Waals surface area (Å²) in [4.78, 5) is 0. The summed E-state index contributed by atoms with van der Waals surface area (Å²) in [6.45, 7) is 5.88. The lowest BCUT2D eigenvalue weighted by Gasteiger charge is -2.28. The van der Waals surface area contributed by atoms with E-state index in [-0.39, 0.29) is 5.48 Å². The van der Waals surface area contributed by atoms with Gasteiger partial charge in [0.1, 0.15) is 0 Å². The van der Waals surface area contributed by atoms with Crippen LogP contribution in [0.1, 0.15) is 26.7 Å². The first-order valence-corrected chi connectivity index (χ1v) is 4.30. The average Bonchev–Trinajstić information content (AvgIpc) is 1.81. The summed E-state index contributed by atoms with van der Waals surface area (Å²) in [5.74, 6) is 0.917. The molecule has 0 rings (SSSR count). The maximum atomic E-state index is 2.28. The third-order valence-electron chi connectivity index (χ3n) is 1.96. The molecule has 2 nitrogen and oxygen atoms in total. The van der Waals surface area contributed by atoms with Crippen molar-refractivity contribution in [3.8, 4) is 0 Å². The van der Waals surface area contributed by atoms with E-state index in [4.69, 9.17) is 0 Å². The molecule has 0 atom stereocenters. The van der Waals surface area contributed by atoms with Crippen LogP contribution in [0.3, 0.4) is 0 Å². The van der Waals surface area contributed by atoms with Gasteiger partial charge in [0, 0.05) is 5.92 Å². The van der Waals surface area contributed by atoms with Crippen LogP contribution in [0.2, 0.25) is 0 Å². The van der Waals surface area contributed by atoms with Crippen molar-refractivity contribution < 1.29 is 9.96 Å². The van der Waals surface area contributed by atoms with Gasteiger partial charge >= 0.3 is 0 Å². The van der Waals surface area contributed by atoms with E-state index in [2.05, 4.69) is 35.0 Å². The monoisotopic (exact) mass is 161 g/mol. The fourth-order valence-corrected chi connectivity index (χ4v) is 1.32. The third-order valence-corrected chi connectivity index (χ3v) is 1.96. The van der Waals surface area contributed by atoms with Crippen molar-refractivity contribution in [2.45, 2.75) is 26.7 Å². The Kier molecular flexibility index (Phi) is 6.82. The third kappa shape index (κ3) is 7.82. The molecule has 0 unspecified atom stereocenters. The van der Waals surface area contributed by atoms with E-state index in [9.17, 15) is 0 Å². The second kappa shape index (κ2) is 5.56. The van der Waals surface area contributed by atoms with E-state index in [0.717, 1.165) is 10.4 Å². The largest absolute Gasteiger partial charge is 0.870 e. The molecular weight excluding hydrogens is 138 g/mol. The minimum atomic E-state index is 0. The molecule has 0 radical (unpaired) electrons. The molecule has 0 saturated carbocycles. The minimum absolute atomic E-state index is 0. The maximum Gasteiger partial charge on any atom is 0.0808 e. The van der Waals surface area contributed by atoms with E-state index in [0.29, 0.717) is 0 Å². The highest BCUT2D eigenvalue weighted by Crippen LogP contribution is 2.10. The Bertz CT molecular complexity index is 82.1. The van der Waals surface area contributed by atoms with Crippen LogP contribution in [-0.2, 0) is 0 Å². The van der Waals surface area contributed by atoms with Gasteiger partial charge in [-0.25, -0.2) is 0 Å². The van der Waals surface area contributed by atoms with Gasteiger partial charge < -0.3 is 9.96 Å². The van der Waals surface area contributed by atoms with Crippen LogP contribution >= 0.6 is 0 Å². The molecule has 0 amide bonds. The molecule has 0 aromatic heterocycles. The molecule has 0 aliphatic rings. The summed E-state index contributed by atoms with van der Waals surface area (Å²) >= 11 is 0. The molecule has 0 aromatic rings. The molecule has 0 spiro atoms. The fraction of sp³-hybridized carbons (Fsp3) is 1.00. The van der Waals surface area contributed by atoms with E-state index in [1.54, 1.807) is 0 Å². The van der Waals surface area contributed by atoms with Crippen LogP contribution in [0.5, 0.6) is 0 Å². The Hall–Kier alpha value is -0.0800. The normalized spacial score (nSPS) is 11.5. The highest BCUT2D eigenvalue weighted by Gasteiger charge is 2.13. The van der Waals surface area contributed by atoms with E-state index in [1.165, 1.54) is 19.4 Å². The fourth-order valence-electron chi connectivity index (χ4n) is 1.32. The molecule has 0 saturated heterocycles. The van der Waals surface area contributed by atoms with Gasteiger partial charge in [0.05, 0.1) is 27.7 Å². The van der Waals surface area contributed by atoms with Gasteiger partial charge in [-0.15, -0.1) is 0 Å². The Balaban J connectivity index is 0. The van der Waals surface area contributed by atoms with E-state index < -0.39 is 0 Å². The van der Waals surface area contributed by atoms with Gasteiger partial charge in [0.25, 0.3) is 0 Å². The quantitative estimate of drug-likeness (QED) is 0.580. The van der Waals surface area contributed by atoms with E-state index >= 15 is 0 Å². The number of quaternary nitrogens is 1. The van der Waals surface area contributed by atoms with E-state index in [1.807, 2.05) is 0 Å². The summed E-state index contributed by atoms with van der Waals surface area (Å²) in [6.07, 6.45) is 2.65. The lowest BCUT2D eigenvalue weighted by atomic mass is 10.0. The number of hydrogen-bond acceptors (Lipinski definition) is 1. The Morgan fingerprint density at radius 2 is 1.36 bits per heavy atom. The lowest BCUT2D eigenvalue weighted by Crippen LogP contribution is -2.38. The van der Waals surface area contributed by atoms with Crippen molar-refractivity contribution in [2.24, 2.45) is 5.92 Å². The molecule has 0 aromatic carbocycles. The molecule has 11 heavy (non-hydrogen) atoms. The van der Waals surface area contributed by atoms with Crippen LogP contribution in [0, 0.1) is 5.92 Å². The standard InChI is InChI=1S/C9H22N.H2O/c1-6-9(7-2)8-10(3,4)5;/h9H,6-8H2,1-5H3;1H2/q+1;/p-1. The van der Waals surface area contributed by atoms with Crippen molar-refractivity contribution in [3.63, 3.8) is 0 Å². The molecule has 70 valence electrons. The smallest absolute Gasteiger partial charge is 0.0808 e. The zero-order chi connectivity index (χ0) is 8.20. The van der Waals surface area contributed by atoms with Gasteiger partial charge in [0.15, 0.2) is 0 Å². The predicted molar refractivity (Wildman–Crippen MR) is 48.9 cm³/mol. The second-order valence-corrected chi connectivity index (χ2v) is 4.16.